The molecule has 0 spiro atoms. The first-order chi connectivity index (χ1) is 15.8. The van der Waals surface area contributed by atoms with Crippen molar-refractivity contribution in [3.05, 3.63) is 57.6 Å². The molecule has 0 N–H and O–H groups in total. The van der Waals surface area contributed by atoms with Crippen LogP contribution in [0.4, 0.5) is 23.7 Å². The van der Waals surface area contributed by atoms with Crippen molar-refractivity contribution in [3.63, 3.8) is 0 Å². The first-order valence-electron chi connectivity index (χ1n) is 10.4. The molecular weight excluding hydrogens is 496 g/mol. The van der Waals surface area contributed by atoms with Crippen molar-refractivity contribution in [2.75, 3.05) is 24.6 Å². The van der Waals surface area contributed by atoms with Gasteiger partial charge in [0.05, 0.1) is 22.2 Å². The van der Waals surface area contributed by atoms with Crippen molar-refractivity contribution < 1.29 is 32.2 Å². The van der Waals surface area contributed by atoms with Gasteiger partial charge in [-0.05, 0) is 62.7 Å². The molecule has 184 valence electrons. The van der Waals surface area contributed by atoms with Gasteiger partial charge < -0.3 is 14.4 Å². The number of halogens is 5. The zero-order chi connectivity index (χ0) is 25.3. The van der Waals surface area contributed by atoms with E-state index in [1.54, 1.807) is 19.1 Å². The lowest BCUT2D eigenvalue weighted by Gasteiger charge is -2.26. The third-order valence-electron chi connectivity index (χ3n) is 5.16. The fourth-order valence-corrected chi connectivity index (χ4v) is 4.03. The van der Waals surface area contributed by atoms with Gasteiger partial charge in [-0.2, -0.15) is 13.2 Å². The number of carbonyl (C=O) groups is 2. The van der Waals surface area contributed by atoms with Gasteiger partial charge >= 0.3 is 18.2 Å². The van der Waals surface area contributed by atoms with Crippen molar-refractivity contribution in [2.24, 2.45) is 0 Å². The SMILES string of the molecule is CCOC(=O)C(C)(C)Oc1c(Cl)cc(CN2CCN(c3ccc(C(F)(F)F)cc3)C2=O)cc1Cl. The normalized spacial score (nSPS) is 14.5. The van der Waals surface area contributed by atoms with Crippen LogP contribution in [-0.4, -0.2) is 42.2 Å². The standard InChI is InChI=1S/C23H23Cl2F3N2O4/c1-4-33-20(31)22(2,3)34-19-17(24)11-14(12-18(19)25)13-29-9-10-30(21(29)32)16-7-5-15(6-8-16)23(26,27)28/h5-8,11-12H,4,9-10,13H2,1-3H3. The molecule has 1 fully saturated rings. The van der Waals surface area contributed by atoms with Crippen molar-refractivity contribution in [1.29, 1.82) is 0 Å². The molecule has 0 radical (unpaired) electrons. The van der Waals surface area contributed by atoms with E-state index >= 15 is 0 Å². The van der Waals surface area contributed by atoms with E-state index in [9.17, 15) is 22.8 Å². The summed E-state index contributed by atoms with van der Waals surface area (Å²) in [6.07, 6.45) is -4.44. The van der Waals surface area contributed by atoms with Gasteiger partial charge in [0, 0.05) is 25.3 Å². The van der Waals surface area contributed by atoms with E-state index in [1.807, 2.05) is 0 Å². The molecule has 6 nitrogen and oxygen atoms in total. The average molecular weight is 519 g/mol. The number of amides is 2. The molecule has 0 unspecified atom stereocenters. The first kappa shape index (κ1) is 26.0. The van der Waals surface area contributed by atoms with Crippen LogP contribution in [0.3, 0.4) is 0 Å². The van der Waals surface area contributed by atoms with Gasteiger partial charge in [-0.15, -0.1) is 0 Å². The van der Waals surface area contributed by atoms with Crippen LogP contribution < -0.4 is 9.64 Å². The Morgan fingerprint density at radius 2 is 1.65 bits per heavy atom. The summed E-state index contributed by atoms with van der Waals surface area (Å²) >= 11 is 12.7. The Kier molecular flexibility index (Phi) is 7.57. The minimum Gasteiger partial charge on any atom is -0.473 e. The van der Waals surface area contributed by atoms with Crippen molar-refractivity contribution in [1.82, 2.24) is 4.90 Å². The second-order valence-corrected chi connectivity index (χ2v) is 8.94. The number of carbonyl (C=O) groups excluding carboxylic acids is 2. The predicted molar refractivity (Wildman–Crippen MR) is 122 cm³/mol. The van der Waals surface area contributed by atoms with Gasteiger partial charge in [0.1, 0.15) is 0 Å². The molecule has 1 heterocycles. The Bertz CT molecular complexity index is 1050. The largest absolute Gasteiger partial charge is 0.473 e. The number of rotatable bonds is 7. The quantitative estimate of drug-likeness (QED) is 0.411. The lowest BCUT2D eigenvalue weighted by atomic mass is 10.1. The van der Waals surface area contributed by atoms with E-state index in [0.29, 0.717) is 24.3 Å². The van der Waals surface area contributed by atoms with Gasteiger partial charge in [-0.25, -0.2) is 9.59 Å². The van der Waals surface area contributed by atoms with Gasteiger partial charge in [0.15, 0.2) is 11.4 Å². The van der Waals surface area contributed by atoms with Crippen LogP contribution in [-0.2, 0) is 22.3 Å². The maximum Gasteiger partial charge on any atom is 0.416 e. The highest BCUT2D eigenvalue weighted by Crippen LogP contribution is 2.37. The number of benzene rings is 2. The van der Waals surface area contributed by atoms with E-state index in [1.165, 1.54) is 35.8 Å². The smallest absolute Gasteiger partial charge is 0.416 e. The summed E-state index contributed by atoms with van der Waals surface area (Å²) in [6.45, 7) is 5.80. The highest BCUT2D eigenvalue weighted by Gasteiger charge is 2.34. The van der Waals surface area contributed by atoms with E-state index in [0.717, 1.165) is 12.1 Å². The second kappa shape index (κ2) is 9.92. The van der Waals surface area contributed by atoms with Gasteiger partial charge in [-0.1, -0.05) is 23.2 Å². The molecule has 34 heavy (non-hydrogen) atoms. The summed E-state index contributed by atoms with van der Waals surface area (Å²) in [4.78, 5) is 27.9. The summed E-state index contributed by atoms with van der Waals surface area (Å²) in [5, 5.41) is 0.317. The predicted octanol–water partition coefficient (Wildman–Crippen LogP) is 6.17. The van der Waals surface area contributed by atoms with Gasteiger partial charge in [0.25, 0.3) is 0 Å². The number of esters is 1. The zero-order valence-electron chi connectivity index (χ0n) is 18.7. The number of nitrogens with zero attached hydrogens (tertiary/aromatic N) is 2. The number of ether oxygens (including phenoxy) is 2. The summed E-state index contributed by atoms with van der Waals surface area (Å²) in [7, 11) is 0. The first-order valence-corrected chi connectivity index (χ1v) is 11.2. The second-order valence-electron chi connectivity index (χ2n) is 8.12. The van der Waals surface area contributed by atoms with Gasteiger partial charge in [0.2, 0.25) is 0 Å². The third kappa shape index (κ3) is 5.70. The molecule has 2 amide bonds. The van der Waals surface area contributed by atoms with E-state index in [-0.39, 0.29) is 35.0 Å². The molecule has 0 saturated carbocycles. The van der Waals surface area contributed by atoms with Crippen LogP contribution in [0.5, 0.6) is 5.75 Å². The van der Waals surface area contributed by atoms with E-state index in [2.05, 4.69) is 0 Å². The molecule has 0 aromatic heterocycles. The third-order valence-corrected chi connectivity index (χ3v) is 5.72. The molecule has 1 saturated heterocycles. The molecule has 11 heteroatoms. The minimum atomic E-state index is -4.44. The summed E-state index contributed by atoms with van der Waals surface area (Å²) in [5.41, 5.74) is -1.10. The van der Waals surface area contributed by atoms with Crippen LogP contribution in [0.1, 0.15) is 31.9 Å². The summed E-state index contributed by atoms with van der Waals surface area (Å²) in [5.74, 6) is -0.457. The number of alkyl halides is 3. The fraction of sp³-hybridized carbons (Fsp3) is 0.391. The van der Waals surface area contributed by atoms with Crippen LogP contribution in [0.2, 0.25) is 10.0 Å². The molecule has 1 aliphatic heterocycles. The molecule has 3 rings (SSSR count). The molecule has 2 aromatic carbocycles. The highest BCUT2D eigenvalue weighted by atomic mass is 35.5. The fourth-order valence-electron chi connectivity index (χ4n) is 3.42. The number of hydrogen-bond acceptors (Lipinski definition) is 4. The van der Waals surface area contributed by atoms with Crippen LogP contribution in [0, 0.1) is 0 Å². The lowest BCUT2D eigenvalue weighted by molar-refractivity contribution is -0.158. The molecule has 0 atom stereocenters. The monoisotopic (exact) mass is 518 g/mol. The van der Waals surface area contributed by atoms with Crippen molar-refractivity contribution in [3.8, 4) is 5.75 Å². The van der Waals surface area contributed by atoms with Crippen LogP contribution in [0.15, 0.2) is 36.4 Å². The summed E-state index contributed by atoms with van der Waals surface area (Å²) in [6, 6.07) is 7.25. The highest BCUT2D eigenvalue weighted by molar-refractivity contribution is 6.37. The number of anilines is 1. The minimum absolute atomic E-state index is 0.115. The Morgan fingerprint density at radius 1 is 1.06 bits per heavy atom. The Labute approximate surface area is 205 Å². The van der Waals surface area contributed by atoms with Crippen LogP contribution in [0.25, 0.3) is 0 Å². The molecule has 2 aromatic rings. The Hall–Kier alpha value is -2.65. The number of hydrogen-bond donors (Lipinski definition) is 0. The van der Waals surface area contributed by atoms with Crippen molar-refractivity contribution in [2.45, 2.75) is 39.1 Å². The zero-order valence-corrected chi connectivity index (χ0v) is 20.2. The maximum absolute atomic E-state index is 12.8. The maximum atomic E-state index is 12.8. The van der Waals surface area contributed by atoms with Crippen molar-refractivity contribution >= 4 is 40.9 Å². The van der Waals surface area contributed by atoms with E-state index < -0.39 is 23.3 Å². The van der Waals surface area contributed by atoms with E-state index in [4.69, 9.17) is 32.7 Å². The van der Waals surface area contributed by atoms with Gasteiger partial charge in [-0.3, -0.25) is 4.90 Å². The van der Waals surface area contributed by atoms with Crippen LogP contribution >= 0.6 is 23.2 Å². The Morgan fingerprint density at radius 3 is 2.18 bits per heavy atom. The molecule has 1 aliphatic rings. The number of urea groups is 1. The average Bonchev–Trinajstić information content (AvgIpc) is 3.10. The lowest BCUT2D eigenvalue weighted by Crippen LogP contribution is -2.39. The molecule has 0 aliphatic carbocycles. The Balaban J connectivity index is 1.71. The molecule has 0 bridgehead atoms. The topological polar surface area (TPSA) is 59.1 Å². The molecular formula is C23H23Cl2F3N2O4. The summed E-state index contributed by atoms with van der Waals surface area (Å²) < 4.78 is 49.1.